The van der Waals surface area contributed by atoms with Crippen LogP contribution in [0.5, 0.6) is 0 Å². The highest BCUT2D eigenvalue weighted by Crippen LogP contribution is 2.17. The maximum Gasteiger partial charge on any atom is 0.321 e. The zero-order chi connectivity index (χ0) is 14.4. The topological polar surface area (TPSA) is 70.7 Å². The molecule has 6 nitrogen and oxygen atoms in total. The highest BCUT2D eigenvalue weighted by Gasteiger charge is 2.25. The number of hydrogen-bond acceptors (Lipinski definition) is 4. The van der Waals surface area contributed by atoms with E-state index in [1.54, 1.807) is 0 Å². The van der Waals surface area contributed by atoms with Crippen molar-refractivity contribution in [1.82, 2.24) is 15.5 Å². The number of morpholine rings is 1. The molecule has 0 radical (unpaired) electrons. The number of imide groups is 1. The zero-order valence-corrected chi connectivity index (χ0v) is 12.2. The van der Waals surface area contributed by atoms with Crippen LogP contribution in [0.15, 0.2) is 0 Å². The average Bonchev–Trinajstić information content (AvgIpc) is 2.48. The number of nitrogens with zero attached hydrogens (tertiary/aromatic N) is 1. The van der Waals surface area contributed by atoms with E-state index in [2.05, 4.69) is 10.6 Å². The van der Waals surface area contributed by atoms with Gasteiger partial charge in [-0.1, -0.05) is 19.3 Å². The molecule has 2 rings (SSSR count). The second-order valence-corrected chi connectivity index (χ2v) is 5.62. The number of nitrogens with one attached hydrogen (secondary N) is 2. The molecule has 0 aromatic heterocycles. The van der Waals surface area contributed by atoms with Gasteiger partial charge in [0.15, 0.2) is 0 Å². The Morgan fingerprint density at radius 1 is 1.15 bits per heavy atom. The van der Waals surface area contributed by atoms with Crippen LogP contribution in [0.4, 0.5) is 4.79 Å². The largest absolute Gasteiger partial charge is 0.379 e. The summed E-state index contributed by atoms with van der Waals surface area (Å²) >= 11 is 0. The molecule has 1 saturated heterocycles. The van der Waals surface area contributed by atoms with Crippen molar-refractivity contribution in [1.29, 1.82) is 0 Å². The number of hydrogen-bond donors (Lipinski definition) is 2. The number of amides is 3. The Hall–Kier alpha value is -1.14. The Labute approximate surface area is 120 Å². The Balaban J connectivity index is 1.73. The maximum absolute atomic E-state index is 12.0. The van der Waals surface area contributed by atoms with Gasteiger partial charge in [-0.25, -0.2) is 4.79 Å². The van der Waals surface area contributed by atoms with Crippen LogP contribution in [-0.4, -0.2) is 55.2 Å². The van der Waals surface area contributed by atoms with Crippen molar-refractivity contribution in [2.24, 2.45) is 0 Å². The third kappa shape index (κ3) is 4.45. The molecule has 2 N–H and O–H groups in total. The normalized spacial score (nSPS) is 23.1. The molecule has 1 saturated carbocycles. The van der Waals surface area contributed by atoms with E-state index in [0.29, 0.717) is 13.2 Å². The summed E-state index contributed by atoms with van der Waals surface area (Å²) in [5, 5.41) is 5.35. The van der Waals surface area contributed by atoms with Gasteiger partial charge in [0, 0.05) is 19.1 Å². The Morgan fingerprint density at radius 3 is 2.45 bits per heavy atom. The summed E-state index contributed by atoms with van der Waals surface area (Å²) in [5.74, 6) is -0.236. The van der Waals surface area contributed by atoms with Crippen LogP contribution >= 0.6 is 0 Å². The van der Waals surface area contributed by atoms with Gasteiger partial charge in [-0.2, -0.15) is 0 Å². The number of carbonyl (C=O) groups is 2. The van der Waals surface area contributed by atoms with Crippen molar-refractivity contribution in [3.8, 4) is 0 Å². The summed E-state index contributed by atoms with van der Waals surface area (Å²) in [6.45, 7) is 4.59. The first-order valence-electron chi connectivity index (χ1n) is 7.60. The molecule has 1 aliphatic carbocycles. The highest BCUT2D eigenvalue weighted by molar-refractivity contribution is 5.96. The van der Waals surface area contributed by atoms with Crippen LogP contribution in [0.25, 0.3) is 0 Å². The third-order valence-corrected chi connectivity index (χ3v) is 4.15. The van der Waals surface area contributed by atoms with Gasteiger partial charge in [-0.3, -0.25) is 15.0 Å². The smallest absolute Gasteiger partial charge is 0.321 e. The minimum atomic E-state index is -0.359. The van der Waals surface area contributed by atoms with E-state index in [1.165, 1.54) is 6.42 Å². The van der Waals surface area contributed by atoms with E-state index >= 15 is 0 Å². The summed E-state index contributed by atoms with van der Waals surface area (Å²) in [5.41, 5.74) is 0. The summed E-state index contributed by atoms with van der Waals surface area (Å²) in [7, 11) is 0. The van der Waals surface area contributed by atoms with Gasteiger partial charge in [0.1, 0.15) is 0 Å². The van der Waals surface area contributed by atoms with Gasteiger partial charge in [0.25, 0.3) is 0 Å². The van der Waals surface area contributed by atoms with E-state index in [4.69, 9.17) is 4.74 Å². The highest BCUT2D eigenvalue weighted by atomic mass is 16.5. The minimum Gasteiger partial charge on any atom is -0.379 e. The van der Waals surface area contributed by atoms with E-state index in [-0.39, 0.29) is 24.0 Å². The van der Waals surface area contributed by atoms with Crippen LogP contribution in [-0.2, 0) is 9.53 Å². The molecule has 0 aromatic carbocycles. The van der Waals surface area contributed by atoms with Crippen LogP contribution in [0, 0.1) is 0 Å². The number of carbonyl (C=O) groups excluding carboxylic acids is 2. The van der Waals surface area contributed by atoms with Gasteiger partial charge in [-0.05, 0) is 19.8 Å². The lowest BCUT2D eigenvalue weighted by Crippen LogP contribution is -2.53. The number of urea groups is 1. The Morgan fingerprint density at radius 2 is 1.80 bits per heavy atom. The standard InChI is InChI=1S/C14H25N3O3/c1-11(17-7-9-20-10-8-17)13(18)16-14(19)15-12-5-3-2-4-6-12/h11-12H,2-10H2,1H3,(H2,15,16,18,19)/t11-/m1/s1. The van der Waals surface area contributed by atoms with Gasteiger partial charge in [0.2, 0.25) is 5.91 Å². The first-order chi connectivity index (χ1) is 9.66. The average molecular weight is 283 g/mol. The van der Waals surface area contributed by atoms with Crippen LogP contribution < -0.4 is 10.6 Å². The number of rotatable bonds is 3. The fourth-order valence-electron chi connectivity index (χ4n) is 2.82. The molecule has 0 aromatic rings. The lowest BCUT2D eigenvalue weighted by molar-refractivity contribution is -0.126. The Kier molecular flexibility index (Phi) is 5.79. The summed E-state index contributed by atoms with van der Waals surface area (Å²) in [6, 6.07) is -0.437. The van der Waals surface area contributed by atoms with E-state index in [1.807, 2.05) is 11.8 Å². The lowest BCUT2D eigenvalue weighted by atomic mass is 9.96. The lowest BCUT2D eigenvalue weighted by Gasteiger charge is -2.31. The van der Waals surface area contributed by atoms with Crippen molar-refractivity contribution in [3.63, 3.8) is 0 Å². The van der Waals surface area contributed by atoms with Crippen LogP contribution in [0.3, 0.4) is 0 Å². The quantitative estimate of drug-likeness (QED) is 0.806. The second-order valence-electron chi connectivity index (χ2n) is 5.62. The van der Waals surface area contributed by atoms with Crippen molar-refractivity contribution in [2.45, 2.75) is 51.1 Å². The molecule has 2 aliphatic rings. The summed E-state index contributed by atoms with van der Waals surface area (Å²) in [6.07, 6.45) is 5.58. The van der Waals surface area contributed by atoms with Crippen LogP contribution in [0.2, 0.25) is 0 Å². The third-order valence-electron chi connectivity index (χ3n) is 4.15. The van der Waals surface area contributed by atoms with E-state index in [0.717, 1.165) is 38.8 Å². The van der Waals surface area contributed by atoms with Gasteiger partial charge < -0.3 is 10.1 Å². The van der Waals surface area contributed by atoms with Gasteiger partial charge in [-0.15, -0.1) is 0 Å². The van der Waals surface area contributed by atoms with Crippen molar-refractivity contribution in [3.05, 3.63) is 0 Å². The van der Waals surface area contributed by atoms with Gasteiger partial charge in [0.05, 0.1) is 19.3 Å². The summed E-state index contributed by atoms with van der Waals surface area (Å²) in [4.78, 5) is 25.9. The molecule has 6 heteroatoms. The number of ether oxygens (including phenoxy) is 1. The molecule has 3 amide bonds. The molecule has 20 heavy (non-hydrogen) atoms. The molecule has 0 spiro atoms. The molecule has 1 heterocycles. The van der Waals surface area contributed by atoms with Crippen molar-refractivity contribution < 1.29 is 14.3 Å². The van der Waals surface area contributed by atoms with E-state index < -0.39 is 0 Å². The maximum atomic E-state index is 12.0. The van der Waals surface area contributed by atoms with E-state index in [9.17, 15) is 9.59 Å². The molecule has 1 aliphatic heterocycles. The van der Waals surface area contributed by atoms with Gasteiger partial charge >= 0.3 is 6.03 Å². The first-order valence-corrected chi connectivity index (χ1v) is 7.60. The van der Waals surface area contributed by atoms with Crippen molar-refractivity contribution >= 4 is 11.9 Å². The Bertz CT molecular complexity index is 337. The molecule has 0 unspecified atom stereocenters. The fraction of sp³-hybridized carbons (Fsp3) is 0.857. The summed E-state index contributed by atoms with van der Waals surface area (Å²) < 4.78 is 5.26. The first kappa shape index (κ1) is 15.3. The monoisotopic (exact) mass is 283 g/mol. The molecule has 0 bridgehead atoms. The molecular weight excluding hydrogens is 258 g/mol. The fourth-order valence-corrected chi connectivity index (χ4v) is 2.82. The zero-order valence-electron chi connectivity index (χ0n) is 12.2. The van der Waals surface area contributed by atoms with Crippen LogP contribution in [0.1, 0.15) is 39.0 Å². The predicted octanol–water partition coefficient (Wildman–Crippen LogP) is 0.866. The molecule has 2 fully saturated rings. The van der Waals surface area contributed by atoms with Crippen molar-refractivity contribution in [2.75, 3.05) is 26.3 Å². The predicted molar refractivity (Wildman–Crippen MR) is 75.4 cm³/mol. The molecular formula is C14H25N3O3. The molecule has 1 atom stereocenters. The second kappa shape index (κ2) is 7.59. The molecule has 114 valence electrons. The SMILES string of the molecule is C[C@H](C(=O)NC(=O)NC1CCCCC1)N1CCOCC1. The minimum absolute atomic E-state index is 0.218.